The first-order valence-corrected chi connectivity index (χ1v) is 25.0. The van der Waals surface area contributed by atoms with E-state index in [0.29, 0.717) is 80.9 Å². The zero-order valence-corrected chi connectivity index (χ0v) is 40.6. The molecule has 4 aliphatic heterocycles. The van der Waals surface area contributed by atoms with Gasteiger partial charge >= 0.3 is 12.2 Å². The van der Waals surface area contributed by atoms with Gasteiger partial charge in [0, 0.05) is 70.2 Å². The summed E-state index contributed by atoms with van der Waals surface area (Å²) in [5, 5.41) is 11.1. The lowest BCUT2D eigenvalue weighted by Gasteiger charge is -2.39. The Labute approximate surface area is 396 Å². The summed E-state index contributed by atoms with van der Waals surface area (Å²) in [6.45, 7) is 15.8. The number of carbonyl (C=O) groups is 2. The molecular formula is C46H58N8O12S2. The van der Waals surface area contributed by atoms with Gasteiger partial charge in [-0.25, -0.2) is 26.4 Å². The SMILES string of the molecule is CC(C)(C)OC(=O)N1CCN(c2cccc3c2OCCN3S(=O)(=O)c2cccc(N)c2)CC1.CC(C)(C)OC(=O)N1CCN(c2cccc3c2OCCN3S(=O)(=O)c2cccc([N+](=O)[O-])c2)CC1. The molecule has 4 heterocycles. The van der Waals surface area contributed by atoms with Gasteiger partial charge < -0.3 is 44.3 Å². The van der Waals surface area contributed by atoms with Crippen molar-refractivity contribution >= 4 is 66.4 Å². The molecule has 2 N–H and O–H groups in total. The quantitative estimate of drug-likeness (QED) is 0.124. The minimum Gasteiger partial charge on any atom is -0.487 e. The highest BCUT2D eigenvalue weighted by Gasteiger charge is 2.36. The van der Waals surface area contributed by atoms with Crippen LogP contribution in [0.5, 0.6) is 11.5 Å². The molecule has 0 aliphatic carbocycles. The average molecular weight is 979 g/mol. The van der Waals surface area contributed by atoms with Crippen LogP contribution in [0.3, 0.4) is 0 Å². The van der Waals surface area contributed by atoms with Crippen molar-refractivity contribution in [2.75, 3.05) is 103 Å². The molecule has 20 nitrogen and oxygen atoms in total. The van der Waals surface area contributed by atoms with E-state index in [-0.39, 0.29) is 54.0 Å². The van der Waals surface area contributed by atoms with Gasteiger partial charge in [0.25, 0.3) is 25.7 Å². The molecule has 0 bridgehead atoms. The van der Waals surface area contributed by atoms with Crippen LogP contribution in [-0.2, 0) is 29.5 Å². The number of nitrogens with two attached hydrogens (primary N) is 1. The molecule has 68 heavy (non-hydrogen) atoms. The number of amides is 2. The maximum Gasteiger partial charge on any atom is 0.410 e. The Kier molecular flexibility index (Phi) is 14.1. The van der Waals surface area contributed by atoms with Crippen molar-refractivity contribution in [2.24, 2.45) is 0 Å². The number of fused-ring (bicyclic) bond motifs is 2. The summed E-state index contributed by atoms with van der Waals surface area (Å²) in [5.74, 6) is 0.959. The van der Waals surface area contributed by atoms with Gasteiger partial charge in [-0.3, -0.25) is 18.7 Å². The van der Waals surface area contributed by atoms with Crippen molar-refractivity contribution in [1.82, 2.24) is 9.80 Å². The topological polar surface area (TPSA) is 228 Å². The van der Waals surface area contributed by atoms with Gasteiger partial charge in [0.15, 0.2) is 11.5 Å². The van der Waals surface area contributed by atoms with Gasteiger partial charge in [-0.1, -0.05) is 24.3 Å². The number of non-ortho nitro benzene ring substituents is 1. The maximum absolute atomic E-state index is 13.4. The first-order chi connectivity index (χ1) is 32.0. The van der Waals surface area contributed by atoms with Crippen molar-refractivity contribution in [3.05, 3.63) is 95.0 Å². The molecule has 0 saturated carbocycles. The largest absolute Gasteiger partial charge is 0.487 e. The number of nitro benzene ring substituents is 1. The fourth-order valence-electron chi connectivity index (χ4n) is 8.01. The standard InChI is InChI=1S/C23H28N4O7S.C23H30N4O5S/c1-23(2,3)34-22(28)25-12-10-24(11-13-25)19-8-5-9-20-21(19)33-15-14-26(20)35(31,32)18-7-4-6-17(16-18)27(29)30;1-23(2,3)32-22(28)26-12-10-25(11-13-26)19-8-5-9-20-21(19)31-15-14-27(20)33(29,30)18-7-4-6-17(24)16-18/h4-9,16H,10-15H2,1-3H3;4-9,16H,10-15,24H2,1-3H3. The lowest BCUT2D eigenvalue weighted by Crippen LogP contribution is -2.50. The minimum absolute atomic E-state index is 0.0773. The predicted molar refractivity (Wildman–Crippen MR) is 257 cm³/mol. The highest BCUT2D eigenvalue weighted by molar-refractivity contribution is 7.93. The normalized spacial score (nSPS) is 16.6. The molecule has 0 atom stereocenters. The van der Waals surface area contributed by atoms with Gasteiger partial charge in [0.1, 0.15) is 24.4 Å². The van der Waals surface area contributed by atoms with E-state index in [0.717, 1.165) is 17.4 Å². The summed E-state index contributed by atoms with van der Waals surface area (Å²) in [4.78, 5) is 42.8. The first kappa shape index (κ1) is 49.2. The van der Waals surface area contributed by atoms with E-state index in [2.05, 4.69) is 4.90 Å². The van der Waals surface area contributed by atoms with Crippen LogP contribution >= 0.6 is 0 Å². The second-order valence-electron chi connectivity index (χ2n) is 18.3. The zero-order chi connectivity index (χ0) is 49.2. The van der Waals surface area contributed by atoms with E-state index < -0.39 is 36.2 Å². The molecule has 0 spiro atoms. The van der Waals surface area contributed by atoms with Crippen LogP contribution in [0.4, 0.5) is 43.7 Å². The summed E-state index contributed by atoms with van der Waals surface area (Å²) >= 11 is 0. The molecule has 4 aliphatic rings. The number of benzene rings is 4. The molecule has 0 radical (unpaired) electrons. The fraction of sp³-hybridized carbons (Fsp3) is 0.435. The number of hydrogen-bond acceptors (Lipinski definition) is 15. The summed E-state index contributed by atoms with van der Waals surface area (Å²) < 4.78 is 79.0. The first-order valence-electron chi connectivity index (χ1n) is 22.2. The number of rotatable bonds is 7. The summed E-state index contributed by atoms with van der Waals surface area (Å²) in [7, 11) is -7.85. The van der Waals surface area contributed by atoms with E-state index in [1.54, 1.807) is 46.2 Å². The Morgan fingerprint density at radius 1 is 0.574 bits per heavy atom. The number of piperazine rings is 2. The molecule has 2 saturated heterocycles. The number of ether oxygens (including phenoxy) is 4. The minimum atomic E-state index is -4.06. The monoisotopic (exact) mass is 978 g/mol. The van der Waals surface area contributed by atoms with Gasteiger partial charge in [-0.2, -0.15) is 0 Å². The van der Waals surface area contributed by atoms with Gasteiger partial charge in [0.2, 0.25) is 0 Å². The lowest BCUT2D eigenvalue weighted by molar-refractivity contribution is -0.385. The third kappa shape index (κ3) is 11.0. The van der Waals surface area contributed by atoms with Crippen LogP contribution in [-0.4, -0.2) is 134 Å². The molecule has 0 unspecified atom stereocenters. The second kappa shape index (κ2) is 19.5. The number of anilines is 5. The van der Waals surface area contributed by atoms with E-state index >= 15 is 0 Å². The van der Waals surface area contributed by atoms with E-state index in [1.165, 1.54) is 32.9 Å². The molecule has 22 heteroatoms. The fourth-order valence-corrected chi connectivity index (χ4v) is 11.0. The number of sulfonamides is 2. The summed E-state index contributed by atoms with van der Waals surface area (Å²) in [5.41, 5.74) is 7.20. The lowest BCUT2D eigenvalue weighted by atomic mass is 10.2. The Bertz CT molecular complexity index is 2750. The Morgan fingerprint density at radius 3 is 1.35 bits per heavy atom. The highest BCUT2D eigenvalue weighted by Crippen LogP contribution is 2.44. The third-order valence-electron chi connectivity index (χ3n) is 11.2. The van der Waals surface area contributed by atoms with Crippen molar-refractivity contribution < 1.29 is 50.3 Å². The molecule has 4 aromatic rings. The van der Waals surface area contributed by atoms with Crippen LogP contribution in [0.2, 0.25) is 0 Å². The Balaban J connectivity index is 0.000000202. The molecule has 2 fully saturated rings. The van der Waals surface area contributed by atoms with Crippen molar-refractivity contribution in [2.45, 2.75) is 62.5 Å². The number of nitro groups is 1. The van der Waals surface area contributed by atoms with Crippen molar-refractivity contribution in [3.8, 4) is 11.5 Å². The molecule has 2 amide bonds. The van der Waals surface area contributed by atoms with Gasteiger partial charge in [0.05, 0.1) is 50.6 Å². The van der Waals surface area contributed by atoms with Crippen LogP contribution < -0.4 is 33.6 Å². The molecule has 4 aromatic carbocycles. The third-order valence-corrected chi connectivity index (χ3v) is 14.8. The number of nitrogens with zero attached hydrogens (tertiary/aromatic N) is 7. The number of nitrogen functional groups attached to an aromatic ring is 1. The smallest absolute Gasteiger partial charge is 0.410 e. The molecule has 0 aromatic heterocycles. The number of carbonyl (C=O) groups excluding carboxylic acids is 2. The zero-order valence-electron chi connectivity index (χ0n) is 39.0. The highest BCUT2D eigenvalue weighted by atomic mass is 32.2. The van der Waals surface area contributed by atoms with E-state index in [4.69, 9.17) is 24.7 Å². The molecule has 8 rings (SSSR count). The average Bonchev–Trinajstić information content (AvgIpc) is 3.30. The van der Waals surface area contributed by atoms with E-state index in [1.807, 2.05) is 64.6 Å². The Hall–Kier alpha value is -6.68. The summed E-state index contributed by atoms with van der Waals surface area (Å²) in [6, 6.07) is 22.0. The van der Waals surface area contributed by atoms with Gasteiger partial charge in [-0.05, 0) is 90.1 Å². The second-order valence-corrected chi connectivity index (χ2v) is 22.1. The summed E-state index contributed by atoms with van der Waals surface area (Å²) in [6.07, 6.45) is -0.689. The molecule has 366 valence electrons. The maximum atomic E-state index is 13.4. The Morgan fingerprint density at radius 2 is 0.956 bits per heavy atom. The number of para-hydroxylation sites is 2. The molecular weight excluding hydrogens is 921 g/mol. The van der Waals surface area contributed by atoms with E-state index in [9.17, 15) is 36.5 Å². The van der Waals surface area contributed by atoms with Crippen LogP contribution in [0, 0.1) is 10.1 Å². The van der Waals surface area contributed by atoms with Crippen molar-refractivity contribution in [1.29, 1.82) is 0 Å². The number of hydrogen-bond donors (Lipinski definition) is 1. The van der Waals surface area contributed by atoms with Gasteiger partial charge in [-0.15, -0.1) is 0 Å². The van der Waals surface area contributed by atoms with Crippen LogP contribution in [0.1, 0.15) is 41.5 Å². The predicted octanol–water partition coefficient (Wildman–Crippen LogP) is 6.15. The van der Waals surface area contributed by atoms with Crippen LogP contribution in [0.25, 0.3) is 0 Å². The van der Waals surface area contributed by atoms with Crippen molar-refractivity contribution in [3.63, 3.8) is 0 Å². The van der Waals surface area contributed by atoms with Crippen LogP contribution in [0.15, 0.2) is 94.7 Å².